The van der Waals surface area contributed by atoms with Gasteiger partial charge in [0.1, 0.15) is 0 Å². The van der Waals surface area contributed by atoms with Crippen LogP contribution >= 0.6 is 11.3 Å². The van der Waals surface area contributed by atoms with Crippen molar-refractivity contribution >= 4 is 17.2 Å². The summed E-state index contributed by atoms with van der Waals surface area (Å²) in [7, 11) is 0. The predicted octanol–water partition coefficient (Wildman–Crippen LogP) is 1.20. The van der Waals surface area contributed by atoms with Gasteiger partial charge in [-0.25, -0.2) is 0 Å². The summed E-state index contributed by atoms with van der Waals surface area (Å²) in [6.07, 6.45) is 0. The van der Waals surface area contributed by atoms with Crippen LogP contribution in [0.4, 0.5) is 0 Å². The van der Waals surface area contributed by atoms with Gasteiger partial charge in [-0.2, -0.15) is 0 Å². The van der Waals surface area contributed by atoms with Gasteiger partial charge in [0.05, 0.1) is 11.5 Å². The van der Waals surface area contributed by atoms with Gasteiger partial charge in [-0.05, 0) is 18.4 Å². The van der Waals surface area contributed by atoms with Crippen LogP contribution in [0.2, 0.25) is 0 Å². The molecule has 0 aliphatic carbocycles. The minimum absolute atomic E-state index is 0.00606. The van der Waals surface area contributed by atoms with Crippen molar-refractivity contribution in [2.75, 3.05) is 19.7 Å². The summed E-state index contributed by atoms with van der Waals surface area (Å²) in [5.74, 6) is 0.00606. The Labute approximate surface area is 81.6 Å². The van der Waals surface area contributed by atoms with Crippen molar-refractivity contribution in [3.8, 4) is 0 Å². The van der Waals surface area contributed by atoms with Gasteiger partial charge in [0, 0.05) is 13.1 Å². The van der Waals surface area contributed by atoms with Gasteiger partial charge in [0.2, 0.25) is 0 Å². The fraction of sp³-hybridized carbons (Fsp3) is 0.444. The first-order chi connectivity index (χ1) is 6.29. The second-order valence-electron chi connectivity index (χ2n) is 2.59. The molecule has 0 spiro atoms. The zero-order chi connectivity index (χ0) is 9.68. The molecule has 0 saturated heterocycles. The van der Waals surface area contributed by atoms with E-state index in [1.807, 2.05) is 18.4 Å². The lowest BCUT2D eigenvalue weighted by atomic mass is 10.4. The van der Waals surface area contributed by atoms with Crippen molar-refractivity contribution in [2.45, 2.75) is 6.92 Å². The molecule has 0 bridgehead atoms. The summed E-state index contributed by atoms with van der Waals surface area (Å²) in [5, 5.41) is 10.6. The van der Waals surface area contributed by atoms with E-state index in [4.69, 9.17) is 5.11 Å². The van der Waals surface area contributed by atoms with E-state index in [-0.39, 0.29) is 12.5 Å². The van der Waals surface area contributed by atoms with Crippen LogP contribution in [-0.4, -0.2) is 35.6 Å². The van der Waals surface area contributed by atoms with Crippen molar-refractivity contribution in [2.24, 2.45) is 0 Å². The molecule has 0 unspecified atom stereocenters. The summed E-state index contributed by atoms with van der Waals surface area (Å²) >= 11 is 1.43. The van der Waals surface area contributed by atoms with Crippen LogP contribution in [0, 0.1) is 0 Å². The van der Waals surface area contributed by atoms with Gasteiger partial charge in [0.15, 0.2) is 0 Å². The minimum atomic E-state index is 0.00606. The van der Waals surface area contributed by atoms with Gasteiger partial charge in [-0.3, -0.25) is 4.79 Å². The first-order valence-corrected chi connectivity index (χ1v) is 5.11. The third-order valence-corrected chi connectivity index (χ3v) is 2.63. The monoisotopic (exact) mass is 199 g/mol. The number of hydrogen-bond donors (Lipinski definition) is 1. The van der Waals surface area contributed by atoms with E-state index >= 15 is 0 Å². The normalized spacial score (nSPS) is 10.0. The average Bonchev–Trinajstić information content (AvgIpc) is 2.65. The van der Waals surface area contributed by atoms with Crippen LogP contribution < -0.4 is 0 Å². The van der Waals surface area contributed by atoms with E-state index in [2.05, 4.69) is 0 Å². The molecule has 1 aromatic heterocycles. The smallest absolute Gasteiger partial charge is 0.263 e. The summed E-state index contributed by atoms with van der Waals surface area (Å²) < 4.78 is 0. The van der Waals surface area contributed by atoms with Crippen LogP contribution in [0.1, 0.15) is 16.6 Å². The predicted molar refractivity (Wildman–Crippen MR) is 53.0 cm³/mol. The molecule has 0 radical (unpaired) electrons. The molecule has 13 heavy (non-hydrogen) atoms. The fourth-order valence-electron chi connectivity index (χ4n) is 1.08. The molecule has 1 rings (SSSR count). The molecule has 72 valence electrons. The van der Waals surface area contributed by atoms with Crippen LogP contribution in [0.5, 0.6) is 0 Å². The van der Waals surface area contributed by atoms with Gasteiger partial charge in [-0.1, -0.05) is 6.07 Å². The zero-order valence-electron chi connectivity index (χ0n) is 7.56. The summed E-state index contributed by atoms with van der Waals surface area (Å²) in [4.78, 5) is 14.0. The van der Waals surface area contributed by atoms with Crippen molar-refractivity contribution in [1.82, 2.24) is 4.90 Å². The lowest BCUT2D eigenvalue weighted by molar-refractivity contribution is 0.0737. The Morgan fingerprint density at radius 3 is 2.92 bits per heavy atom. The highest BCUT2D eigenvalue weighted by Gasteiger charge is 2.13. The van der Waals surface area contributed by atoms with Crippen LogP contribution in [-0.2, 0) is 0 Å². The van der Waals surface area contributed by atoms with Crippen molar-refractivity contribution in [1.29, 1.82) is 0 Å². The maximum atomic E-state index is 11.7. The number of amides is 1. The van der Waals surface area contributed by atoms with E-state index in [1.165, 1.54) is 11.3 Å². The Morgan fingerprint density at radius 1 is 1.69 bits per heavy atom. The molecule has 1 N–H and O–H groups in total. The Bertz CT molecular complexity index is 259. The topological polar surface area (TPSA) is 40.5 Å². The summed E-state index contributed by atoms with van der Waals surface area (Å²) in [6, 6.07) is 3.65. The van der Waals surface area contributed by atoms with Gasteiger partial charge < -0.3 is 10.0 Å². The molecule has 3 nitrogen and oxygen atoms in total. The Balaban J connectivity index is 2.65. The molecule has 0 atom stereocenters. The van der Waals surface area contributed by atoms with Crippen LogP contribution in [0.25, 0.3) is 0 Å². The van der Waals surface area contributed by atoms with Crippen molar-refractivity contribution < 1.29 is 9.90 Å². The number of aliphatic hydroxyl groups excluding tert-OH is 1. The maximum absolute atomic E-state index is 11.7. The van der Waals surface area contributed by atoms with E-state index in [0.717, 1.165) is 4.88 Å². The number of rotatable bonds is 4. The quantitative estimate of drug-likeness (QED) is 0.791. The highest BCUT2D eigenvalue weighted by molar-refractivity contribution is 7.12. The SMILES string of the molecule is CCN(CCO)C(=O)c1cccs1. The van der Waals surface area contributed by atoms with Gasteiger partial charge in [-0.15, -0.1) is 11.3 Å². The third-order valence-electron chi connectivity index (χ3n) is 1.77. The molecule has 0 aliphatic heterocycles. The second kappa shape index (κ2) is 4.99. The highest BCUT2D eigenvalue weighted by Crippen LogP contribution is 2.11. The summed E-state index contributed by atoms with van der Waals surface area (Å²) in [6.45, 7) is 2.97. The molecule has 4 heteroatoms. The molecule has 1 amide bonds. The van der Waals surface area contributed by atoms with E-state index in [0.29, 0.717) is 13.1 Å². The largest absolute Gasteiger partial charge is 0.395 e. The molecule has 0 fully saturated rings. The van der Waals surface area contributed by atoms with Crippen molar-refractivity contribution in [3.63, 3.8) is 0 Å². The van der Waals surface area contributed by atoms with E-state index in [1.54, 1.807) is 11.0 Å². The molecule has 0 aromatic carbocycles. The first kappa shape index (κ1) is 10.2. The lowest BCUT2D eigenvalue weighted by Gasteiger charge is -2.18. The molecule has 1 heterocycles. The number of carbonyl (C=O) groups excluding carboxylic acids is 1. The summed E-state index contributed by atoms with van der Waals surface area (Å²) in [5.41, 5.74) is 0. The second-order valence-corrected chi connectivity index (χ2v) is 3.53. The highest BCUT2D eigenvalue weighted by atomic mass is 32.1. The standard InChI is InChI=1S/C9H13NO2S/c1-2-10(5-6-11)9(12)8-4-3-7-13-8/h3-4,7,11H,2,5-6H2,1H3. The number of nitrogens with zero attached hydrogens (tertiary/aromatic N) is 1. The molecule has 0 aliphatic rings. The number of thiophene rings is 1. The number of aliphatic hydroxyl groups is 1. The molecule has 0 saturated carbocycles. The van der Waals surface area contributed by atoms with E-state index in [9.17, 15) is 4.79 Å². The minimum Gasteiger partial charge on any atom is -0.395 e. The van der Waals surface area contributed by atoms with Gasteiger partial charge >= 0.3 is 0 Å². The van der Waals surface area contributed by atoms with Crippen molar-refractivity contribution in [3.05, 3.63) is 22.4 Å². The third kappa shape index (κ3) is 2.54. The van der Waals surface area contributed by atoms with Crippen LogP contribution in [0.3, 0.4) is 0 Å². The number of likely N-dealkylation sites (N-methyl/N-ethyl adjacent to an activating group) is 1. The average molecular weight is 199 g/mol. The van der Waals surface area contributed by atoms with Crippen LogP contribution in [0.15, 0.2) is 17.5 Å². The Morgan fingerprint density at radius 2 is 2.46 bits per heavy atom. The molecular weight excluding hydrogens is 186 g/mol. The Kier molecular flexibility index (Phi) is 3.92. The van der Waals surface area contributed by atoms with E-state index < -0.39 is 0 Å². The number of carbonyl (C=O) groups is 1. The Hall–Kier alpha value is -0.870. The zero-order valence-corrected chi connectivity index (χ0v) is 8.38. The fourth-order valence-corrected chi connectivity index (χ4v) is 1.77. The molecule has 1 aromatic rings. The molecular formula is C9H13NO2S. The van der Waals surface area contributed by atoms with Gasteiger partial charge in [0.25, 0.3) is 5.91 Å². The lowest BCUT2D eigenvalue weighted by Crippen LogP contribution is -2.32. The maximum Gasteiger partial charge on any atom is 0.263 e. The first-order valence-electron chi connectivity index (χ1n) is 4.23. The number of hydrogen-bond acceptors (Lipinski definition) is 3.